The summed E-state index contributed by atoms with van der Waals surface area (Å²) in [5.74, 6) is -0.177. The van der Waals surface area contributed by atoms with Gasteiger partial charge in [0.05, 0.1) is 10.6 Å². The average Bonchev–Trinajstić information content (AvgIpc) is 3.11. The van der Waals surface area contributed by atoms with Crippen molar-refractivity contribution in [3.8, 4) is 5.69 Å². The number of imidazole rings is 1. The Morgan fingerprint density at radius 1 is 1.29 bits per heavy atom. The maximum absolute atomic E-state index is 14.5. The van der Waals surface area contributed by atoms with Crippen molar-refractivity contribution < 1.29 is 14.1 Å². The number of nitrogens with one attached hydrogen (secondary N) is 2. The molecule has 0 saturated carbocycles. The van der Waals surface area contributed by atoms with Gasteiger partial charge in [0.2, 0.25) is 0 Å². The number of carbonyl (C=O) groups excluding carboxylic acids is 1. The number of benzene rings is 2. The van der Waals surface area contributed by atoms with Crippen LogP contribution in [0.5, 0.6) is 0 Å². The Morgan fingerprint density at radius 3 is 2.68 bits per heavy atom. The molecule has 2 N–H and O–H groups in total. The van der Waals surface area contributed by atoms with Crippen LogP contribution in [0.4, 0.5) is 15.8 Å². The summed E-state index contributed by atoms with van der Waals surface area (Å²) in [7, 11) is 1.45. The van der Waals surface area contributed by atoms with Gasteiger partial charge >= 0.3 is 0 Å². The molecule has 0 radical (unpaired) electrons. The number of nitrogens with zero attached hydrogens (tertiary/aromatic N) is 3. The summed E-state index contributed by atoms with van der Waals surface area (Å²) in [4.78, 5) is 26.5. The van der Waals surface area contributed by atoms with Crippen LogP contribution in [0.3, 0.4) is 0 Å². The summed E-state index contributed by atoms with van der Waals surface area (Å²) in [5, 5.41) is 16.7. The quantitative estimate of drug-likeness (QED) is 0.503. The van der Waals surface area contributed by atoms with E-state index in [1.165, 1.54) is 31.3 Å². The van der Waals surface area contributed by atoms with Crippen molar-refractivity contribution in [3.05, 3.63) is 81.7 Å². The Hall–Kier alpha value is -3.75. The van der Waals surface area contributed by atoms with E-state index in [2.05, 4.69) is 15.6 Å². The monoisotopic (exact) mass is 383 g/mol. The Morgan fingerprint density at radius 2 is 2.07 bits per heavy atom. The number of rotatable bonds is 6. The van der Waals surface area contributed by atoms with E-state index in [-0.39, 0.29) is 23.5 Å². The lowest BCUT2D eigenvalue weighted by Crippen LogP contribution is -2.18. The van der Waals surface area contributed by atoms with Crippen LogP contribution in [0.15, 0.2) is 48.8 Å². The normalized spacial score (nSPS) is 10.5. The van der Waals surface area contributed by atoms with Crippen molar-refractivity contribution in [2.24, 2.45) is 0 Å². The van der Waals surface area contributed by atoms with Crippen molar-refractivity contribution in [2.45, 2.75) is 13.5 Å². The minimum atomic E-state index is -0.569. The number of hydrogen-bond acceptors (Lipinski definition) is 5. The van der Waals surface area contributed by atoms with E-state index < -0.39 is 16.6 Å². The van der Waals surface area contributed by atoms with E-state index >= 15 is 0 Å². The van der Waals surface area contributed by atoms with Gasteiger partial charge in [-0.25, -0.2) is 9.37 Å². The predicted octanol–water partition coefficient (Wildman–Crippen LogP) is 3.20. The SMILES string of the molecule is CNC(=O)c1ccc(NCc2ccc(-n3ccnc3C)c(F)c2)c([N+](=O)[O-])c1. The van der Waals surface area contributed by atoms with Crippen LogP contribution in [0.25, 0.3) is 5.69 Å². The summed E-state index contributed by atoms with van der Waals surface area (Å²) in [5.41, 5.74) is 1.19. The molecule has 8 nitrogen and oxygen atoms in total. The van der Waals surface area contributed by atoms with Gasteiger partial charge in [-0.1, -0.05) is 6.07 Å². The molecule has 2 aromatic carbocycles. The summed E-state index contributed by atoms with van der Waals surface area (Å²) >= 11 is 0. The zero-order valence-electron chi connectivity index (χ0n) is 15.3. The van der Waals surface area contributed by atoms with E-state index in [1.807, 2.05) is 0 Å². The molecule has 0 atom stereocenters. The van der Waals surface area contributed by atoms with Gasteiger partial charge in [-0.2, -0.15) is 0 Å². The molecule has 3 rings (SSSR count). The number of aromatic nitrogens is 2. The van der Waals surface area contributed by atoms with E-state index in [0.717, 1.165) is 0 Å². The summed E-state index contributed by atoms with van der Waals surface area (Å²) in [6, 6.07) is 8.88. The number of halogens is 1. The molecule has 9 heteroatoms. The Bertz CT molecular complexity index is 1050. The van der Waals surface area contributed by atoms with E-state index in [4.69, 9.17) is 0 Å². The lowest BCUT2D eigenvalue weighted by molar-refractivity contribution is -0.384. The van der Waals surface area contributed by atoms with Gasteiger partial charge in [-0.15, -0.1) is 0 Å². The number of amides is 1. The van der Waals surface area contributed by atoms with Crippen molar-refractivity contribution >= 4 is 17.3 Å². The first-order valence-corrected chi connectivity index (χ1v) is 8.44. The topological polar surface area (TPSA) is 102 Å². The van der Waals surface area contributed by atoms with Crippen LogP contribution in [0.1, 0.15) is 21.7 Å². The maximum Gasteiger partial charge on any atom is 0.293 e. The minimum absolute atomic E-state index is 0.181. The third kappa shape index (κ3) is 3.83. The first-order chi connectivity index (χ1) is 13.4. The fraction of sp³-hybridized carbons (Fsp3) is 0.158. The van der Waals surface area contributed by atoms with Crippen molar-refractivity contribution in [2.75, 3.05) is 12.4 Å². The van der Waals surface area contributed by atoms with Gasteiger partial charge in [-0.3, -0.25) is 14.9 Å². The number of anilines is 1. The second kappa shape index (κ2) is 7.87. The fourth-order valence-electron chi connectivity index (χ4n) is 2.80. The molecule has 0 fully saturated rings. The molecule has 0 aliphatic rings. The second-order valence-corrected chi connectivity index (χ2v) is 6.05. The molecule has 0 saturated heterocycles. The predicted molar refractivity (Wildman–Crippen MR) is 102 cm³/mol. The van der Waals surface area contributed by atoms with Crippen molar-refractivity contribution in [3.63, 3.8) is 0 Å². The number of hydrogen-bond donors (Lipinski definition) is 2. The standard InChI is InChI=1S/C19H18FN5O3/c1-12-22-7-8-24(12)17-6-3-13(9-15(17)20)11-23-16-5-4-14(19(26)21-2)10-18(16)25(27)28/h3-10,23H,11H2,1-2H3,(H,21,26). The summed E-state index contributed by atoms with van der Waals surface area (Å²) < 4.78 is 16.1. The second-order valence-electron chi connectivity index (χ2n) is 6.05. The molecule has 0 aliphatic carbocycles. The molecular formula is C19H18FN5O3. The Kier molecular flexibility index (Phi) is 5.35. The molecule has 0 bridgehead atoms. The van der Waals surface area contributed by atoms with Crippen LogP contribution in [0.2, 0.25) is 0 Å². The van der Waals surface area contributed by atoms with Gasteiger partial charge < -0.3 is 15.2 Å². The molecule has 1 heterocycles. The molecule has 0 aliphatic heterocycles. The van der Waals surface area contributed by atoms with Gasteiger partial charge in [0.25, 0.3) is 11.6 Å². The van der Waals surface area contributed by atoms with Gasteiger partial charge in [0.1, 0.15) is 17.3 Å². The van der Waals surface area contributed by atoms with Crippen LogP contribution >= 0.6 is 0 Å². The number of nitro benzene ring substituents is 1. The first-order valence-electron chi connectivity index (χ1n) is 8.44. The molecule has 1 aromatic heterocycles. The van der Waals surface area contributed by atoms with E-state index in [0.29, 0.717) is 17.1 Å². The van der Waals surface area contributed by atoms with Crippen molar-refractivity contribution in [1.82, 2.24) is 14.9 Å². The van der Waals surface area contributed by atoms with Crippen LogP contribution in [-0.4, -0.2) is 27.4 Å². The van der Waals surface area contributed by atoms with Gasteiger partial charge in [0.15, 0.2) is 0 Å². The Labute approximate surface area is 160 Å². The zero-order chi connectivity index (χ0) is 20.3. The Balaban J connectivity index is 1.80. The van der Waals surface area contributed by atoms with Gasteiger partial charge in [0, 0.05) is 37.6 Å². The van der Waals surface area contributed by atoms with Gasteiger partial charge in [-0.05, 0) is 36.8 Å². The molecule has 1 amide bonds. The molecule has 0 unspecified atom stereocenters. The maximum atomic E-state index is 14.5. The minimum Gasteiger partial charge on any atom is -0.375 e. The third-order valence-corrected chi connectivity index (χ3v) is 4.26. The van der Waals surface area contributed by atoms with Crippen LogP contribution in [-0.2, 0) is 6.54 Å². The van der Waals surface area contributed by atoms with E-state index in [1.54, 1.807) is 36.0 Å². The highest BCUT2D eigenvalue weighted by atomic mass is 19.1. The lowest BCUT2D eigenvalue weighted by Gasteiger charge is -2.11. The number of carbonyl (C=O) groups is 1. The molecule has 0 spiro atoms. The highest BCUT2D eigenvalue weighted by molar-refractivity contribution is 5.95. The fourth-order valence-corrected chi connectivity index (χ4v) is 2.80. The largest absolute Gasteiger partial charge is 0.375 e. The average molecular weight is 383 g/mol. The van der Waals surface area contributed by atoms with Crippen LogP contribution in [0, 0.1) is 22.9 Å². The van der Waals surface area contributed by atoms with E-state index in [9.17, 15) is 19.3 Å². The molecular weight excluding hydrogens is 365 g/mol. The van der Waals surface area contributed by atoms with Crippen LogP contribution < -0.4 is 10.6 Å². The highest BCUT2D eigenvalue weighted by Gasteiger charge is 2.17. The van der Waals surface area contributed by atoms with Crippen molar-refractivity contribution in [1.29, 1.82) is 0 Å². The summed E-state index contributed by atoms with van der Waals surface area (Å²) in [6.07, 6.45) is 3.26. The smallest absolute Gasteiger partial charge is 0.293 e. The zero-order valence-corrected chi connectivity index (χ0v) is 15.3. The number of nitro groups is 1. The molecule has 3 aromatic rings. The highest BCUT2D eigenvalue weighted by Crippen LogP contribution is 2.26. The third-order valence-electron chi connectivity index (χ3n) is 4.26. The lowest BCUT2D eigenvalue weighted by atomic mass is 10.1. The first kappa shape index (κ1) is 19.0. The molecule has 28 heavy (non-hydrogen) atoms. The number of aryl methyl sites for hydroxylation is 1. The summed E-state index contributed by atoms with van der Waals surface area (Å²) in [6.45, 7) is 1.96. The molecule has 144 valence electrons.